The van der Waals surface area contributed by atoms with Crippen LogP contribution in [0.3, 0.4) is 0 Å². The molecule has 0 aromatic carbocycles. The Morgan fingerprint density at radius 1 is 1.27 bits per heavy atom. The normalized spacial score (nSPS) is 18.0. The first-order valence-corrected chi connectivity index (χ1v) is 7.91. The van der Waals surface area contributed by atoms with Crippen molar-refractivity contribution in [3.05, 3.63) is 11.9 Å². The monoisotopic (exact) mass is 308 g/mol. The number of aromatic carboxylic acids is 1. The fourth-order valence-electron chi connectivity index (χ4n) is 3.17. The Morgan fingerprint density at radius 3 is 2.59 bits per heavy atom. The topological polar surface area (TPSA) is 88.3 Å². The van der Waals surface area contributed by atoms with Gasteiger partial charge in [0.15, 0.2) is 5.69 Å². The van der Waals surface area contributed by atoms with Gasteiger partial charge in [0, 0.05) is 13.1 Å². The molecule has 122 valence electrons. The molecule has 22 heavy (non-hydrogen) atoms. The lowest BCUT2D eigenvalue weighted by molar-refractivity contribution is -0.132. The van der Waals surface area contributed by atoms with Gasteiger partial charge in [-0.25, -0.2) is 9.48 Å². The van der Waals surface area contributed by atoms with Crippen LogP contribution in [-0.2, 0) is 11.3 Å². The van der Waals surface area contributed by atoms with Gasteiger partial charge < -0.3 is 10.0 Å². The fourth-order valence-corrected chi connectivity index (χ4v) is 3.17. The third-order valence-electron chi connectivity index (χ3n) is 4.95. The summed E-state index contributed by atoms with van der Waals surface area (Å²) in [4.78, 5) is 25.0. The van der Waals surface area contributed by atoms with Gasteiger partial charge in [0.2, 0.25) is 5.91 Å². The van der Waals surface area contributed by atoms with E-state index in [-0.39, 0.29) is 18.1 Å². The highest BCUT2D eigenvalue weighted by Crippen LogP contribution is 2.37. The summed E-state index contributed by atoms with van der Waals surface area (Å²) in [5, 5.41) is 16.0. The lowest BCUT2D eigenvalue weighted by atomic mass is 9.76. The minimum atomic E-state index is -1.14. The van der Waals surface area contributed by atoms with Gasteiger partial charge in [-0.1, -0.05) is 31.9 Å². The van der Waals surface area contributed by atoms with Crippen LogP contribution in [-0.4, -0.2) is 50.0 Å². The van der Waals surface area contributed by atoms with Crippen LogP contribution < -0.4 is 0 Å². The molecule has 2 rings (SSSR count). The predicted molar refractivity (Wildman–Crippen MR) is 80.4 cm³/mol. The van der Waals surface area contributed by atoms with Crippen molar-refractivity contribution in [3.63, 3.8) is 0 Å². The molecule has 0 aliphatic carbocycles. The van der Waals surface area contributed by atoms with Crippen LogP contribution in [0.25, 0.3) is 0 Å². The summed E-state index contributed by atoms with van der Waals surface area (Å²) in [5.41, 5.74) is 0.221. The second-order valence-corrected chi connectivity index (χ2v) is 6.05. The molecule has 0 unspecified atom stereocenters. The van der Waals surface area contributed by atoms with E-state index in [1.807, 2.05) is 4.90 Å². The van der Waals surface area contributed by atoms with E-state index >= 15 is 0 Å². The first kappa shape index (κ1) is 16.5. The van der Waals surface area contributed by atoms with Crippen molar-refractivity contribution in [1.29, 1.82) is 0 Å². The predicted octanol–water partition coefficient (Wildman–Crippen LogP) is 1.80. The Kier molecular flexibility index (Phi) is 5.15. The quantitative estimate of drug-likeness (QED) is 0.896. The van der Waals surface area contributed by atoms with Gasteiger partial charge in [0.25, 0.3) is 0 Å². The van der Waals surface area contributed by atoms with E-state index < -0.39 is 5.97 Å². The van der Waals surface area contributed by atoms with Crippen LogP contribution in [0.15, 0.2) is 6.20 Å². The zero-order valence-corrected chi connectivity index (χ0v) is 13.3. The summed E-state index contributed by atoms with van der Waals surface area (Å²) in [6, 6.07) is 0. The molecular formula is C15H24N4O3. The highest BCUT2D eigenvalue weighted by molar-refractivity contribution is 5.84. The third-order valence-corrected chi connectivity index (χ3v) is 4.95. The highest BCUT2D eigenvalue weighted by Gasteiger charge is 2.30. The molecule has 0 spiro atoms. The van der Waals surface area contributed by atoms with Gasteiger partial charge in [-0.3, -0.25) is 4.79 Å². The number of aromatic nitrogens is 3. The van der Waals surface area contributed by atoms with Crippen molar-refractivity contribution in [2.75, 3.05) is 13.1 Å². The summed E-state index contributed by atoms with van der Waals surface area (Å²) < 4.78 is 1.30. The van der Waals surface area contributed by atoms with Crippen LogP contribution in [0, 0.1) is 5.41 Å². The van der Waals surface area contributed by atoms with E-state index in [1.165, 1.54) is 10.9 Å². The average Bonchev–Trinajstić information content (AvgIpc) is 2.86. The van der Waals surface area contributed by atoms with Gasteiger partial charge in [-0.2, -0.15) is 0 Å². The smallest absolute Gasteiger partial charge is 0.358 e. The fraction of sp³-hybridized carbons (Fsp3) is 0.733. The van der Waals surface area contributed by atoms with E-state index in [1.54, 1.807) is 0 Å². The second kappa shape index (κ2) is 6.89. The number of carboxylic acid groups (broad SMARTS) is 1. The minimum Gasteiger partial charge on any atom is -0.476 e. The van der Waals surface area contributed by atoms with Crippen molar-refractivity contribution in [2.45, 2.75) is 52.5 Å². The second-order valence-electron chi connectivity index (χ2n) is 6.05. The van der Waals surface area contributed by atoms with Crippen molar-refractivity contribution >= 4 is 11.9 Å². The zero-order chi connectivity index (χ0) is 16.2. The molecule has 1 aliphatic heterocycles. The molecule has 0 saturated carbocycles. The van der Waals surface area contributed by atoms with Crippen molar-refractivity contribution in [1.82, 2.24) is 19.9 Å². The lowest BCUT2D eigenvalue weighted by Crippen LogP contribution is -2.35. The number of amides is 1. The first-order chi connectivity index (χ1) is 10.5. The Bertz CT molecular complexity index is 537. The number of likely N-dealkylation sites (tertiary alicyclic amines) is 1. The molecule has 7 heteroatoms. The Balaban J connectivity index is 1.96. The maximum Gasteiger partial charge on any atom is 0.358 e. The third kappa shape index (κ3) is 3.64. The number of carboxylic acids is 1. The molecule has 1 saturated heterocycles. The summed E-state index contributed by atoms with van der Waals surface area (Å²) in [5.74, 6) is -1.16. The first-order valence-electron chi connectivity index (χ1n) is 7.91. The lowest BCUT2D eigenvalue weighted by Gasteiger charge is -2.30. The number of hydrogen-bond donors (Lipinski definition) is 1. The molecule has 0 atom stereocenters. The number of carbonyl (C=O) groups is 2. The van der Waals surface area contributed by atoms with Crippen LogP contribution >= 0.6 is 0 Å². The molecule has 1 fully saturated rings. The summed E-state index contributed by atoms with van der Waals surface area (Å²) >= 11 is 0. The van der Waals surface area contributed by atoms with Gasteiger partial charge >= 0.3 is 5.97 Å². The maximum atomic E-state index is 12.4. The number of rotatable bonds is 5. The summed E-state index contributed by atoms with van der Waals surface area (Å²) in [7, 11) is 0. The Morgan fingerprint density at radius 2 is 2.00 bits per heavy atom. The summed E-state index contributed by atoms with van der Waals surface area (Å²) in [6.45, 7) is 6.03. The SMILES string of the molecule is CCC1(CC)CCCN(C(=O)Cn2cc(C(=O)O)nn2)CC1. The van der Waals surface area contributed by atoms with Crippen molar-refractivity contribution < 1.29 is 14.7 Å². The molecule has 1 aromatic heterocycles. The molecule has 1 aromatic rings. The van der Waals surface area contributed by atoms with Crippen LogP contribution in [0.5, 0.6) is 0 Å². The van der Waals surface area contributed by atoms with E-state index in [2.05, 4.69) is 24.2 Å². The molecule has 7 nitrogen and oxygen atoms in total. The molecule has 0 radical (unpaired) electrons. The molecule has 1 aliphatic rings. The standard InChI is InChI=1S/C15H24N4O3/c1-3-15(4-2)6-5-8-18(9-7-15)13(20)11-19-10-12(14(21)22)16-17-19/h10H,3-9,11H2,1-2H3,(H,21,22). The van der Waals surface area contributed by atoms with Crippen LogP contribution in [0.2, 0.25) is 0 Å². The number of nitrogens with zero attached hydrogens (tertiary/aromatic N) is 4. The molecule has 0 bridgehead atoms. The molecular weight excluding hydrogens is 284 g/mol. The molecule has 1 amide bonds. The van der Waals surface area contributed by atoms with E-state index in [0.717, 1.165) is 45.2 Å². The van der Waals surface area contributed by atoms with Gasteiger partial charge in [0.05, 0.1) is 6.20 Å². The number of carbonyl (C=O) groups excluding carboxylic acids is 1. The minimum absolute atomic E-state index is 0.0233. The van der Waals surface area contributed by atoms with E-state index in [0.29, 0.717) is 5.41 Å². The van der Waals surface area contributed by atoms with Gasteiger partial charge in [0.1, 0.15) is 6.54 Å². The van der Waals surface area contributed by atoms with Gasteiger partial charge in [-0.05, 0) is 24.7 Å². The average molecular weight is 308 g/mol. The van der Waals surface area contributed by atoms with Crippen LogP contribution in [0.1, 0.15) is 56.4 Å². The number of hydrogen-bond acceptors (Lipinski definition) is 4. The van der Waals surface area contributed by atoms with Crippen molar-refractivity contribution in [2.24, 2.45) is 5.41 Å². The maximum absolute atomic E-state index is 12.4. The van der Waals surface area contributed by atoms with E-state index in [9.17, 15) is 9.59 Å². The Labute approximate surface area is 130 Å². The zero-order valence-electron chi connectivity index (χ0n) is 13.3. The van der Waals surface area contributed by atoms with Gasteiger partial charge in [-0.15, -0.1) is 5.10 Å². The molecule has 2 heterocycles. The largest absolute Gasteiger partial charge is 0.476 e. The summed E-state index contributed by atoms with van der Waals surface area (Å²) in [6.07, 6.45) is 6.80. The van der Waals surface area contributed by atoms with Crippen LogP contribution in [0.4, 0.5) is 0 Å². The Hall–Kier alpha value is -1.92. The molecule has 1 N–H and O–H groups in total. The highest BCUT2D eigenvalue weighted by atomic mass is 16.4. The van der Waals surface area contributed by atoms with E-state index in [4.69, 9.17) is 5.11 Å². The van der Waals surface area contributed by atoms with Crippen molar-refractivity contribution in [3.8, 4) is 0 Å².